The van der Waals surface area contributed by atoms with Crippen LogP contribution in [0.25, 0.3) is 0 Å². The molecule has 0 saturated carbocycles. The number of thioether (sulfide) groups is 1. The summed E-state index contributed by atoms with van der Waals surface area (Å²) < 4.78 is 0. The van der Waals surface area contributed by atoms with Crippen molar-refractivity contribution in [1.82, 2.24) is 5.32 Å². The molecule has 0 fully saturated rings. The molecule has 13 heavy (non-hydrogen) atoms. The number of fused-ring (bicyclic) bond motifs is 1. The Hall–Kier alpha value is -1.03. The van der Waals surface area contributed by atoms with Crippen LogP contribution in [-0.4, -0.2) is 22.9 Å². The number of ketones is 2. The Kier molecular flexibility index (Phi) is 2.00. The summed E-state index contributed by atoms with van der Waals surface area (Å²) in [4.78, 5) is 23.1. The Bertz CT molecular complexity index is 333. The monoisotopic (exact) mass is 195 g/mol. The topological polar surface area (TPSA) is 46.2 Å². The third-order valence-corrected chi connectivity index (χ3v) is 3.53. The fraction of sp³-hybridized carbons (Fsp3) is 0.333. The van der Waals surface area contributed by atoms with Crippen LogP contribution in [0.4, 0.5) is 0 Å². The number of carbonyl (C=O) groups excluding carboxylic acids is 2. The summed E-state index contributed by atoms with van der Waals surface area (Å²) in [6, 6.07) is 0.00130. The molecule has 0 bridgehead atoms. The molecule has 0 radical (unpaired) electrons. The molecule has 2 rings (SSSR count). The fourth-order valence-electron chi connectivity index (χ4n) is 1.41. The molecule has 0 aromatic carbocycles. The molecule has 0 aromatic heterocycles. The van der Waals surface area contributed by atoms with E-state index < -0.39 is 0 Å². The summed E-state index contributed by atoms with van der Waals surface area (Å²) in [7, 11) is 0. The van der Waals surface area contributed by atoms with Gasteiger partial charge in [0.25, 0.3) is 0 Å². The van der Waals surface area contributed by atoms with Crippen LogP contribution in [0.3, 0.4) is 0 Å². The first kappa shape index (κ1) is 8.56. The third-order valence-electron chi connectivity index (χ3n) is 2.07. The lowest BCUT2D eigenvalue weighted by atomic mass is 10.1. The number of allylic oxidation sites excluding steroid dienone is 2. The zero-order valence-corrected chi connectivity index (χ0v) is 7.93. The summed E-state index contributed by atoms with van der Waals surface area (Å²) in [6.07, 6.45) is 4.99. The van der Waals surface area contributed by atoms with E-state index >= 15 is 0 Å². The predicted octanol–water partition coefficient (Wildman–Crippen LogP) is 0.629. The van der Waals surface area contributed by atoms with Gasteiger partial charge < -0.3 is 5.32 Å². The first-order valence-electron chi connectivity index (χ1n) is 4.04. The smallest absolute Gasteiger partial charge is 0.172 e. The minimum Gasteiger partial charge on any atom is -0.383 e. The number of Topliss-reactive ketones (excluding diaryl/α,β-unsaturated/α-hetero) is 1. The van der Waals surface area contributed by atoms with E-state index in [1.165, 1.54) is 24.8 Å². The zero-order valence-electron chi connectivity index (χ0n) is 7.11. The lowest BCUT2D eigenvalue weighted by molar-refractivity contribution is -0.114. The normalized spacial score (nSPS) is 30.8. The number of rotatable bonds is 1. The average Bonchev–Trinajstić information content (AvgIpc) is 2.49. The van der Waals surface area contributed by atoms with Gasteiger partial charge in [-0.05, 0) is 19.1 Å². The van der Waals surface area contributed by atoms with E-state index in [2.05, 4.69) is 5.32 Å². The van der Waals surface area contributed by atoms with Crippen LogP contribution in [0.1, 0.15) is 6.92 Å². The van der Waals surface area contributed by atoms with Crippen molar-refractivity contribution in [1.29, 1.82) is 0 Å². The molecule has 0 amide bonds. The van der Waals surface area contributed by atoms with Gasteiger partial charge in [0.2, 0.25) is 0 Å². The molecule has 0 spiro atoms. The lowest BCUT2D eigenvalue weighted by Crippen LogP contribution is -2.38. The van der Waals surface area contributed by atoms with E-state index in [0.717, 1.165) is 0 Å². The van der Waals surface area contributed by atoms with Crippen LogP contribution < -0.4 is 5.32 Å². The SMILES string of the molecule is CC(=O)C1=CC2NC=CC(=O)C2S1. The van der Waals surface area contributed by atoms with Gasteiger partial charge in [0.05, 0.1) is 11.3 Å². The van der Waals surface area contributed by atoms with Gasteiger partial charge in [-0.3, -0.25) is 9.59 Å². The Labute approximate surface area is 80.3 Å². The summed E-state index contributed by atoms with van der Waals surface area (Å²) in [6.45, 7) is 1.52. The highest BCUT2D eigenvalue weighted by Crippen LogP contribution is 2.34. The van der Waals surface area contributed by atoms with Gasteiger partial charge in [0, 0.05) is 11.1 Å². The fourth-order valence-corrected chi connectivity index (χ4v) is 2.57. The first-order valence-corrected chi connectivity index (χ1v) is 4.92. The van der Waals surface area contributed by atoms with Gasteiger partial charge >= 0.3 is 0 Å². The van der Waals surface area contributed by atoms with Crippen molar-refractivity contribution in [3.63, 3.8) is 0 Å². The molecule has 1 N–H and O–H groups in total. The maximum Gasteiger partial charge on any atom is 0.172 e. The molecule has 2 aliphatic heterocycles. The molecule has 2 aliphatic rings. The van der Waals surface area contributed by atoms with Crippen LogP contribution in [0, 0.1) is 0 Å². The molecule has 0 saturated heterocycles. The standard InChI is InChI=1S/C9H9NO2S/c1-5(11)8-4-6-9(13-8)7(12)2-3-10-6/h2-4,6,9-10H,1H3. The molecule has 2 unspecified atom stereocenters. The second-order valence-electron chi connectivity index (χ2n) is 3.05. The summed E-state index contributed by atoms with van der Waals surface area (Å²) in [5, 5.41) is 2.91. The van der Waals surface area contributed by atoms with E-state index in [0.29, 0.717) is 4.91 Å². The van der Waals surface area contributed by atoms with E-state index in [1.54, 1.807) is 6.20 Å². The number of carbonyl (C=O) groups is 2. The molecule has 0 aromatic rings. The minimum atomic E-state index is -0.135. The Morgan fingerprint density at radius 3 is 3.00 bits per heavy atom. The second kappa shape index (κ2) is 3.03. The van der Waals surface area contributed by atoms with E-state index in [-0.39, 0.29) is 22.9 Å². The molecule has 3 nitrogen and oxygen atoms in total. The highest BCUT2D eigenvalue weighted by atomic mass is 32.2. The highest BCUT2D eigenvalue weighted by Gasteiger charge is 2.35. The van der Waals surface area contributed by atoms with Gasteiger partial charge in [-0.2, -0.15) is 0 Å². The minimum absolute atomic E-state index is 0.00130. The summed E-state index contributed by atoms with van der Waals surface area (Å²) in [5.74, 6) is 0.121. The second-order valence-corrected chi connectivity index (χ2v) is 4.24. The Morgan fingerprint density at radius 1 is 1.62 bits per heavy atom. The predicted molar refractivity (Wildman–Crippen MR) is 51.2 cm³/mol. The lowest BCUT2D eigenvalue weighted by Gasteiger charge is -2.19. The molecule has 0 aliphatic carbocycles. The third kappa shape index (κ3) is 1.42. The number of hydrogen-bond donors (Lipinski definition) is 1. The first-order chi connectivity index (χ1) is 6.18. The van der Waals surface area contributed by atoms with Gasteiger partial charge in [-0.15, -0.1) is 11.8 Å². The van der Waals surface area contributed by atoms with Crippen LogP contribution >= 0.6 is 11.8 Å². The molecule has 4 heteroatoms. The van der Waals surface area contributed by atoms with Gasteiger partial charge in [0.1, 0.15) is 0 Å². The maximum absolute atomic E-state index is 11.4. The Balaban J connectivity index is 2.22. The van der Waals surface area contributed by atoms with Crippen molar-refractivity contribution in [2.45, 2.75) is 18.2 Å². The quantitative estimate of drug-likeness (QED) is 0.666. The summed E-state index contributed by atoms with van der Waals surface area (Å²) in [5.41, 5.74) is 0. The number of nitrogens with one attached hydrogen (secondary N) is 1. The van der Waals surface area contributed by atoms with Crippen LogP contribution in [-0.2, 0) is 9.59 Å². The molecule has 2 atom stereocenters. The average molecular weight is 195 g/mol. The maximum atomic E-state index is 11.4. The van der Waals surface area contributed by atoms with Crippen LogP contribution in [0.2, 0.25) is 0 Å². The van der Waals surface area contributed by atoms with Crippen molar-refractivity contribution in [2.75, 3.05) is 0 Å². The summed E-state index contributed by atoms with van der Waals surface area (Å²) >= 11 is 1.36. The van der Waals surface area contributed by atoms with Crippen LogP contribution in [0.5, 0.6) is 0 Å². The van der Waals surface area contributed by atoms with Crippen molar-refractivity contribution < 1.29 is 9.59 Å². The van der Waals surface area contributed by atoms with Crippen molar-refractivity contribution in [3.8, 4) is 0 Å². The molecular formula is C9H9NO2S. The van der Waals surface area contributed by atoms with Crippen molar-refractivity contribution >= 4 is 23.3 Å². The highest BCUT2D eigenvalue weighted by molar-refractivity contribution is 8.05. The van der Waals surface area contributed by atoms with Crippen LogP contribution in [0.15, 0.2) is 23.3 Å². The zero-order chi connectivity index (χ0) is 9.42. The van der Waals surface area contributed by atoms with E-state index in [9.17, 15) is 9.59 Å². The van der Waals surface area contributed by atoms with Gasteiger partial charge in [-0.25, -0.2) is 0 Å². The van der Waals surface area contributed by atoms with Gasteiger partial charge in [-0.1, -0.05) is 0 Å². The molecule has 2 heterocycles. The molecular weight excluding hydrogens is 186 g/mol. The van der Waals surface area contributed by atoms with Gasteiger partial charge in [0.15, 0.2) is 11.6 Å². The van der Waals surface area contributed by atoms with Crippen molar-refractivity contribution in [3.05, 3.63) is 23.3 Å². The van der Waals surface area contributed by atoms with E-state index in [4.69, 9.17) is 0 Å². The largest absolute Gasteiger partial charge is 0.383 e. The number of hydrogen-bond acceptors (Lipinski definition) is 4. The molecule has 68 valence electrons. The van der Waals surface area contributed by atoms with Crippen molar-refractivity contribution in [2.24, 2.45) is 0 Å². The Morgan fingerprint density at radius 2 is 2.38 bits per heavy atom. The van der Waals surface area contributed by atoms with E-state index in [1.807, 2.05) is 6.08 Å².